The van der Waals surface area contributed by atoms with Crippen molar-refractivity contribution < 1.29 is 9.21 Å². The van der Waals surface area contributed by atoms with Gasteiger partial charge in [-0.2, -0.15) is 0 Å². The van der Waals surface area contributed by atoms with Gasteiger partial charge in [-0.1, -0.05) is 13.8 Å². The molecule has 0 saturated carbocycles. The van der Waals surface area contributed by atoms with E-state index in [9.17, 15) is 4.79 Å². The SMILES string of the molecule is CN=C(NCCNC(=O)c1ccco1)NCc1nc(C(C)C)cs1. The zero-order chi connectivity index (χ0) is 17.4. The molecule has 8 heteroatoms. The molecule has 0 spiro atoms. The maximum atomic E-state index is 11.7. The Hall–Kier alpha value is -2.35. The normalized spacial score (nSPS) is 11.6. The molecule has 0 aliphatic carbocycles. The zero-order valence-corrected chi connectivity index (χ0v) is 14.9. The average Bonchev–Trinajstić information content (AvgIpc) is 3.25. The molecule has 2 rings (SSSR count). The summed E-state index contributed by atoms with van der Waals surface area (Å²) in [4.78, 5) is 20.4. The molecule has 0 aliphatic heterocycles. The molecule has 130 valence electrons. The Labute approximate surface area is 145 Å². The summed E-state index contributed by atoms with van der Waals surface area (Å²) in [6.45, 7) is 5.90. The van der Waals surface area contributed by atoms with Gasteiger partial charge in [-0.25, -0.2) is 4.98 Å². The van der Waals surface area contributed by atoms with E-state index in [1.165, 1.54) is 6.26 Å². The number of furan rings is 1. The van der Waals surface area contributed by atoms with Gasteiger partial charge >= 0.3 is 0 Å². The Bertz CT molecular complexity index is 664. The van der Waals surface area contributed by atoms with E-state index in [0.717, 1.165) is 10.7 Å². The number of amides is 1. The molecule has 7 nitrogen and oxygen atoms in total. The highest BCUT2D eigenvalue weighted by molar-refractivity contribution is 7.09. The molecule has 0 unspecified atom stereocenters. The Balaban J connectivity index is 1.67. The third kappa shape index (κ3) is 5.38. The number of nitrogens with zero attached hydrogens (tertiary/aromatic N) is 2. The fourth-order valence-electron chi connectivity index (χ4n) is 1.90. The third-order valence-electron chi connectivity index (χ3n) is 3.24. The van der Waals surface area contributed by atoms with E-state index in [4.69, 9.17) is 4.42 Å². The molecular formula is C16H23N5O2S. The second kappa shape index (κ2) is 9.07. The van der Waals surface area contributed by atoms with E-state index in [1.54, 1.807) is 30.5 Å². The molecule has 0 saturated heterocycles. The van der Waals surface area contributed by atoms with Crippen molar-refractivity contribution in [3.63, 3.8) is 0 Å². The van der Waals surface area contributed by atoms with Crippen LogP contribution in [-0.4, -0.2) is 37.0 Å². The van der Waals surface area contributed by atoms with Crippen LogP contribution in [0.3, 0.4) is 0 Å². The number of aromatic nitrogens is 1. The smallest absolute Gasteiger partial charge is 0.287 e. The number of thiazole rings is 1. The van der Waals surface area contributed by atoms with Gasteiger partial charge in [0, 0.05) is 25.5 Å². The summed E-state index contributed by atoms with van der Waals surface area (Å²) in [6, 6.07) is 3.31. The first-order valence-electron chi connectivity index (χ1n) is 7.80. The lowest BCUT2D eigenvalue weighted by Gasteiger charge is -2.11. The van der Waals surface area contributed by atoms with E-state index in [2.05, 4.69) is 45.2 Å². The topological polar surface area (TPSA) is 91.5 Å². The molecule has 2 heterocycles. The predicted octanol–water partition coefficient (Wildman–Crippen LogP) is 1.95. The van der Waals surface area contributed by atoms with Crippen molar-refractivity contribution in [2.75, 3.05) is 20.1 Å². The van der Waals surface area contributed by atoms with Gasteiger partial charge in [0.15, 0.2) is 11.7 Å². The maximum absolute atomic E-state index is 11.7. The van der Waals surface area contributed by atoms with Crippen LogP contribution in [0.5, 0.6) is 0 Å². The molecule has 0 radical (unpaired) electrons. The van der Waals surface area contributed by atoms with Crippen molar-refractivity contribution >= 4 is 23.2 Å². The van der Waals surface area contributed by atoms with Crippen molar-refractivity contribution in [2.45, 2.75) is 26.3 Å². The summed E-state index contributed by atoms with van der Waals surface area (Å²) in [5, 5.41) is 12.2. The molecular weight excluding hydrogens is 326 g/mol. The summed E-state index contributed by atoms with van der Waals surface area (Å²) in [7, 11) is 1.71. The Morgan fingerprint density at radius 3 is 2.75 bits per heavy atom. The van der Waals surface area contributed by atoms with Gasteiger partial charge in [0.25, 0.3) is 5.91 Å². The van der Waals surface area contributed by atoms with Crippen LogP contribution in [-0.2, 0) is 6.54 Å². The number of rotatable bonds is 7. The highest BCUT2D eigenvalue weighted by atomic mass is 32.1. The molecule has 0 atom stereocenters. The first kappa shape index (κ1) is 18.0. The first-order chi connectivity index (χ1) is 11.6. The second-order valence-corrected chi connectivity index (χ2v) is 6.35. The molecule has 3 N–H and O–H groups in total. The number of hydrogen-bond donors (Lipinski definition) is 3. The van der Waals surface area contributed by atoms with Crippen LogP contribution < -0.4 is 16.0 Å². The Morgan fingerprint density at radius 1 is 1.33 bits per heavy atom. The van der Waals surface area contributed by atoms with Crippen LogP contribution in [0.25, 0.3) is 0 Å². The molecule has 24 heavy (non-hydrogen) atoms. The van der Waals surface area contributed by atoms with Crippen molar-refractivity contribution in [1.29, 1.82) is 0 Å². The number of carbonyl (C=O) groups is 1. The number of nitrogens with one attached hydrogen (secondary N) is 3. The highest BCUT2D eigenvalue weighted by Gasteiger charge is 2.08. The van der Waals surface area contributed by atoms with E-state index < -0.39 is 0 Å². The van der Waals surface area contributed by atoms with Crippen LogP contribution in [0.2, 0.25) is 0 Å². The van der Waals surface area contributed by atoms with Gasteiger partial charge in [0.2, 0.25) is 0 Å². The molecule has 2 aromatic rings. The monoisotopic (exact) mass is 349 g/mol. The summed E-state index contributed by atoms with van der Waals surface area (Å²) < 4.78 is 5.03. The third-order valence-corrected chi connectivity index (χ3v) is 4.11. The van der Waals surface area contributed by atoms with Gasteiger partial charge in [0.05, 0.1) is 18.5 Å². The van der Waals surface area contributed by atoms with Gasteiger partial charge in [-0.15, -0.1) is 11.3 Å². The lowest BCUT2D eigenvalue weighted by atomic mass is 10.2. The standard InChI is InChI=1S/C16H23N5O2S/c1-11(2)12-10-24-14(21-12)9-20-16(17-3)19-7-6-18-15(22)13-5-4-8-23-13/h4-5,8,10-11H,6-7,9H2,1-3H3,(H,18,22)(H2,17,19,20). The molecule has 0 bridgehead atoms. The number of guanidine groups is 1. The van der Waals surface area contributed by atoms with E-state index in [-0.39, 0.29) is 5.91 Å². The van der Waals surface area contributed by atoms with E-state index in [1.807, 2.05) is 0 Å². The van der Waals surface area contributed by atoms with Crippen molar-refractivity contribution in [1.82, 2.24) is 20.9 Å². The van der Waals surface area contributed by atoms with Crippen LogP contribution in [0.1, 0.15) is 41.0 Å². The van der Waals surface area contributed by atoms with Crippen LogP contribution in [0.4, 0.5) is 0 Å². The minimum atomic E-state index is -0.228. The first-order valence-corrected chi connectivity index (χ1v) is 8.68. The fraction of sp³-hybridized carbons (Fsp3) is 0.438. The summed E-state index contributed by atoms with van der Waals surface area (Å²) in [5.74, 6) is 1.18. The minimum absolute atomic E-state index is 0.228. The second-order valence-electron chi connectivity index (χ2n) is 5.41. The van der Waals surface area contributed by atoms with Crippen molar-refractivity contribution in [3.05, 3.63) is 40.2 Å². The van der Waals surface area contributed by atoms with Gasteiger partial charge in [0.1, 0.15) is 5.01 Å². The van der Waals surface area contributed by atoms with E-state index >= 15 is 0 Å². The Morgan fingerprint density at radius 2 is 2.12 bits per heavy atom. The number of aliphatic imine (C=N–C) groups is 1. The Kier molecular flexibility index (Phi) is 6.80. The molecule has 0 fully saturated rings. The molecule has 0 aromatic carbocycles. The maximum Gasteiger partial charge on any atom is 0.287 e. The highest BCUT2D eigenvalue weighted by Crippen LogP contribution is 2.17. The van der Waals surface area contributed by atoms with Gasteiger partial charge in [-0.05, 0) is 18.1 Å². The lowest BCUT2D eigenvalue weighted by Crippen LogP contribution is -2.41. The summed E-state index contributed by atoms with van der Waals surface area (Å²) >= 11 is 1.64. The van der Waals surface area contributed by atoms with Crippen molar-refractivity contribution in [2.24, 2.45) is 4.99 Å². The molecule has 2 aromatic heterocycles. The number of carbonyl (C=O) groups excluding carboxylic acids is 1. The van der Waals surface area contributed by atoms with Crippen LogP contribution in [0, 0.1) is 0 Å². The fourth-order valence-corrected chi connectivity index (χ4v) is 2.80. The lowest BCUT2D eigenvalue weighted by molar-refractivity contribution is 0.0926. The molecule has 0 aliphatic rings. The average molecular weight is 349 g/mol. The number of hydrogen-bond acceptors (Lipinski definition) is 5. The summed E-state index contributed by atoms with van der Waals surface area (Å²) in [5.41, 5.74) is 1.11. The van der Waals surface area contributed by atoms with Crippen LogP contribution >= 0.6 is 11.3 Å². The van der Waals surface area contributed by atoms with E-state index in [0.29, 0.717) is 37.3 Å². The summed E-state index contributed by atoms with van der Waals surface area (Å²) in [6.07, 6.45) is 1.47. The zero-order valence-electron chi connectivity index (χ0n) is 14.1. The molecule has 1 amide bonds. The minimum Gasteiger partial charge on any atom is -0.459 e. The van der Waals surface area contributed by atoms with Gasteiger partial charge in [-0.3, -0.25) is 9.79 Å². The van der Waals surface area contributed by atoms with Crippen LogP contribution in [0.15, 0.2) is 33.2 Å². The quantitative estimate of drug-likeness (QED) is 0.404. The largest absolute Gasteiger partial charge is 0.459 e. The van der Waals surface area contributed by atoms with Gasteiger partial charge < -0.3 is 20.4 Å². The predicted molar refractivity (Wildman–Crippen MR) is 95.4 cm³/mol. The van der Waals surface area contributed by atoms with Crippen molar-refractivity contribution in [3.8, 4) is 0 Å².